The fourth-order valence-corrected chi connectivity index (χ4v) is 4.59. The highest BCUT2D eigenvalue weighted by Crippen LogP contribution is 2.35. The molecular formula is C34H43FN6O7. The Morgan fingerprint density at radius 3 is 2.19 bits per heavy atom. The van der Waals surface area contributed by atoms with Crippen molar-refractivity contribution in [1.29, 1.82) is 5.41 Å². The number of nitrogens with one attached hydrogen (secondary N) is 2. The van der Waals surface area contributed by atoms with E-state index in [-0.39, 0.29) is 17.6 Å². The number of carbonyl (C=O) groups is 2. The van der Waals surface area contributed by atoms with Gasteiger partial charge in [0.15, 0.2) is 11.5 Å². The van der Waals surface area contributed by atoms with E-state index in [1.165, 1.54) is 12.1 Å². The molecule has 2 unspecified atom stereocenters. The molecular weight excluding hydrogens is 623 g/mol. The standard InChI is InChI=1S/C30H35FN6O3.2C2H4O2/c1-5-39-27-17-22(14-15-26(27)40-19(2)18-36(3)4)23(16-20-10-12-21(13-11-20)28(32)33)29-34-30(38)37(35-29)25-9-7-6-8-24(25)31;2*1-2(3)4/h6-15,17,19,23H,5,16,18H2,1-4H3,(H3,32,33)(H,34,35,38);2*1H3,(H,3,4). The number of carboxylic acid groups (broad SMARTS) is 2. The van der Waals surface area contributed by atoms with Gasteiger partial charge in [-0.2, -0.15) is 4.68 Å². The molecule has 3 aromatic carbocycles. The zero-order valence-corrected chi connectivity index (χ0v) is 27.9. The van der Waals surface area contributed by atoms with Crippen LogP contribution in [0.1, 0.15) is 56.1 Å². The quantitative estimate of drug-likeness (QED) is 0.108. The van der Waals surface area contributed by atoms with Gasteiger partial charge in [-0.15, -0.1) is 5.10 Å². The number of para-hydroxylation sites is 1. The Balaban J connectivity index is 0.000000900. The summed E-state index contributed by atoms with van der Waals surface area (Å²) in [5.74, 6) is -1.06. The van der Waals surface area contributed by atoms with Gasteiger partial charge in [-0.1, -0.05) is 42.5 Å². The summed E-state index contributed by atoms with van der Waals surface area (Å²) in [6, 6.07) is 19.0. The molecule has 0 saturated carbocycles. The second-order valence-electron chi connectivity index (χ2n) is 10.9. The average Bonchev–Trinajstić information content (AvgIpc) is 3.37. The highest BCUT2D eigenvalue weighted by Gasteiger charge is 2.24. The topological polar surface area (TPSA) is 197 Å². The van der Waals surface area contributed by atoms with Gasteiger partial charge in [0.2, 0.25) is 0 Å². The van der Waals surface area contributed by atoms with Crippen molar-refractivity contribution >= 4 is 17.8 Å². The Labute approximate surface area is 278 Å². The van der Waals surface area contributed by atoms with Crippen LogP contribution in [-0.2, 0) is 16.0 Å². The Morgan fingerprint density at radius 2 is 1.65 bits per heavy atom. The molecule has 48 heavy (non-hydrogen) atoms. The van der Waals surface area contributed by atoms with Crippen molar-refractivity contribution in [2.24, 2.45) is 5.73 Å². The first-order valence-corrected chi connectivity index (χ1v) is 15.0. The van der Waals surface area contributed by atoms with Gasteiger partial charge >= 0.3 is 5.69 Å². The number of amidine groups is 1. The number of ether oxygens (including phenoxy) is 2. The first kappa shape index (κ1) is 38.7. The van der Waals surface area contributed by atoms with Gasteiger partial charge in [-0.3, -0.25) is 20.0 Å². The van der Waals surface area contributed by atoms with Gasteiger partial charge in [0.05, 0.1) is 6.61 Å². The number of rotatable bonds is 12. The van der Waals surface area contributed by atoms with Crippen LogP contribution in [0.2, 0.25) is 0 Å². The lowest BCUT2D eigenvalue weighted by atomic mass is 9.90. The molecule has 4 aromatic rings. The molecule has 0 amide bonds. The van der Waals surface area contributed by atoms with Crippen LogP contribution in [0.4, 0.5) is 4.39 Å². The summed E-state index contributed by atoms with van der Waals surface area (Å²) < 4.78 is 27.7. The number of nitrogen functional groups attached to an aromatic ring is 1. The van der Waals surface area contributed by atoms with Crippen LogP contribution in [0.25, 0.3) is 5.69 Å². The zero-order valence-electron chi connectivity index (χ0n) is 27.9. The molecule has 0 spiro atoms. The van der Waals surface area contributed by atoms with Crippen molar-refractivity contribution in [2.75, 3.05) is 27.2 Å². The van der Waals surface area contributed by atoms with E-state index in [1.807, 2.05) is 58.3 Å². The normalized spacial score (nSPS) is 11.7. The summed E-state index contributed by atoms with van der Waals surface area (Å²) >= 11 is 0. The van der Waals surface area contributed by atoms with Gasteiger partial charge < -0.3 is 30.3 Å². The maximum absolute atomic E-state index is 14.5. The molecule has 1 aromatic heterocycles. The number of benzene rings is 3. The van der Waals surface area contributed by atoms with Crippen molar-refractivity contribution < 1.29 is 33.7 Å². The van der Waals surface area contributed by atoms with E-state index in [0.717, 1.165) is 36.2 Å². The summed E-state index contributed by atoms with van der Waals surface area (Å²) in [4.78, 5) is 35.8. The van der Waals surface area contributed by atoms with Crippen LogP contribution in [0, 0.1) is 11.2 Å². The van der Waals surface area contributed by atoms with Gasteiger partial charge in [-0.05, 0) is 69.8 Å². The largest absolute Gasteiger partial charge is 0.490 e. The number of hydrogen-bond donors (Lipinski definition) is 5. The average molecular weight is 667 g/mol. The van der Waals surface area contributed by atoms with Crippen LogP contribution in [0.3, 0.4) is 0 Å². The molecule has 13 nitrogen and oxygen atoms in total. The van der Waals surface area contributed by atoms with Gasteiger partial charge in [0.25, 0.3) is 11.9 Å². The maximum Gasteiger partial charge on any atom is 0.348 e. The van der Waals surface area contributed by atoms with Gasteiger partial charge in [0, 0.05) is 31.9 Å². The predicted molar refractivity (Wildman–Crippen MR) is 180 cm³/mol. The van der Waals surface area contributed by atoms with E-state index in [0.29, 0.717) is 35.9 Å². The first-order valence-electron chi connectivity index (χ1n) is 15.0. The van der Waals surface area contributed by atoms with E-state index in [2.05, 4.69) is 15.0 Å². The van der Waals surface area contributed by atoms with E-state index < -0.39 is 29.4 Å². The smallest absolute Gasteiger partial charge is 0.348 e. The van der Waals surface area contributed by atoms with E-state index >= 15 is 0 Å². The molecule has 0 saturated heterocycles. The third-order valence-electron chi connectivity index (χ3n) is 6.37. The number of carboxylic acids is 2. The fraction of sp³-hybridized carbons (Fsp3) is 0.324. The Morgan fingerprint density at radius 1 is 1.04 bits per heavy atom. The van der Waals surface area contributed by atoms with E-state index in [1.54, 1.807) is 24.3 Å². The minimum absolute atomic E-state index is 0.0171. The highest BCUT2D eigenvalue weighted by atomic mass is 19.1. The molecule has 6 N–H and O–H groups in total. The lowest BCUT2D eigenvalue weighted by Gasteiger charge is -2.22. The number of aliphatic carboxylic acids is 2. The van der Waals surface area contributed by atoms with Crippen molar-refractivity contribution in [3.05, 3.63) is 106 Å². The molecule has 0 aliphatic rings. The van der Waals surface area contributed by atoms with Crippen LogP contribution in [0.5, 0.6) is 11.5 Å². The van der Waals surface area contributed by atoms with E-state index in [9.17, 15) is 9.18 Å². The summed E-state index contributed by atoms with van der Waals surface area (Å²) in [6.45, 7) is 7.25. The monoisotopic (exact) mass is 666 g/mol. The second kappa shape index (κ2) is 18.6. The third-order valence-corrected chi connectivity index (χ3v) is 6.37. The minimum Gasteiger partial charge on any atom is -0.490 e. The molecule has 0 aliphatic heterocycles. The molecule has 14 heteroatoms. The second-order valence-corrected chi connectivity index (χ2v) is 10.9. The lowest BCUT2D eigenvalue weighted by molar-refractivity contribution is -0.135. The minimum atomic E-state index is -0.833. The number of nitrogens with zero attached hydrogens (tertiary/aromatic N) is 3. The summed E-state index contributed by atoms with van der Waals surface area (Å²) in [5.41, 5.74) is 7.54. The number of hydrogen-bond acceptors (Lipinski definition) is 8. The predicted octanol–water partition coefficient (Wildman–Crippen LogP) is 4.27. The lowest BCUT2D eigenvalue weighted by Crippen LogP contribution is -2.28. The molecule has 0 aliphatic carbocycles. The molecule has 0 fully saturated rings. The molecule has 0 radical (unpaired) electrons. The number of nitrogens with two attached hydrogens (primary N) is 1. The number of likely N-dealkylation sites (N-methyl/N-ethyl adjacent to an activating group) is 1. The van der Waals surface area contributed by atoms with Crippen molar-refractivity contribution in [3.63, 3.8) is 0 Å². The van der Waals surface area contributed by atoms with E-state index in [4.69, 9.17) is 40.4 Å². The summed E-state index contributed by atoms with van der Waals surface area (Å²) in [6.07, 6.45) is 0.397. The molecule has 4 rings (SSSR count). The first-order chi connectivity index (χ1) is 22.6. The van der Waals surface area contributed by atoms with Crippen LogP contribution in [-0.4, -0.2) is 81.0 Å². The summed E-state index contributed by atoms with van der Waals surface area (Å²) in [5, 5.41) is 27.0. The maximum atomic E-state index is 14.5. The number of aromatic nitrogens is 3. The van der Waals surface area contributed by atoms with Crippen molar-refractivity contribution in [3.8, 4) is 17.2 Å². The fourth-order valence-electron chi connectivity index (χ4n) is 4.59. The number of halogens is 1. The van der Waals surface area contributed by atoms with Crippen LogP contribution < -0.4 is 20.9 Å². The summed E-state index contributed by atoms with van der Waals surface area (Å²) in [7, 11) is 3.97. The molecule has 0 bridgehead atoms. The van der Waals surface area contributed by atoms with Crippen molar-refractivity contribution in [1.82, 2.24) is 19.7 Å². The Hall–Kier alpha value is -5.50. The molecule has 1 heterocycles. The molecule has 258 valence electrons. The Kier molecular flexibility index (Phi) is 15.0. The van der Waals surface area contributed by atoms with Gasteiger partial charge in [-0.25, -0.2) is 9.18 Å². The molecule has 2 atom stereocenters. The van der Waals surface area contributed by atoms with Crippen LogP contribution >= 0.6 is 0 Å². The number of aromatic amines is 1. The van der Waals surface area contributed by atoms with Gasteiger partial charge in [0.1, 0.15) is 29.3 Å². The Bertz CT molecular complexity index is 1700. The number of H-pyrrole nitrogens is 1. The third kappa shape index (κ3) is 12.4. The highest BCUT2D eigenvalue weighted by molar-refractivity contribution is 5.94. The van der Waals surface area contributed by atoms with Crippen molar-refractivity contribution in [2.45, 2.75) is 46.1 Å². The van der Waals surface area contributed by atoms with Crippen LogP contribution in [0.15, 0.2) is 71.5 Å². The SMILES string of the molecule is CC(=O)O.CC(=O)O.CCOc1cc(C(Cc2ccc(C(=N)N)cc2)c2nn(-c3ccccc3F)c(=O)[nH]2)ccc1OC(C)CN(C)C. The zero-order chi connectivity index (χ0) is 36.0.